The van der Waals surface area contributed by atoms with E-state index in [0.29, 0.717) is 45.8 Å². The van der Waals surface area contributed by atoms with Crippen molar-refractivity contribution in [2.24, 2.45) is 5.73 Å². The summed E-state index contributed by atoms with van der Waals surface area (Å²) in [6.07, 6.45) is 3.89. The van der Waals surface area contributed by atoms with Gasteiger partial charge in [-0.1, -0.05) is 11.6 Å². The molecule has 0 atom stereocenters. The predicted molar refractivity (Wildman–Crippen MR) is 124 cm³/mol. The zero-order valence-electron chi connectivity index (χ0n) is 18.1. The van der Waals surface area contributed by atoms with Crippen LogP contribution in [0.1, 0.15) is 12.8 Å². The maximum Gasteiger partial charge on any atom is 0.316 e. The lowest BCUT2D eigenvalue weighted by atomic mass is 10.1. The van der Waals surface area contributed by atoms with Crippen molar-refractivity contribution in [3.8, 4) is 23.0 Å². The van der Waals surface area contributed by atoms with E-state index in [-0.39, 0.29) is 5.54 Å². The van der Waals surface area contributed by atoms with E-state index in [2.05, 4.69) is 29.3 Å². The maximum atomic E-state index is 11.1. The Morgan fingerprint density at radius 1 is 1.19 bits per heavy atom. The summed E-state index contributed by atoms with van der Waals surface area (Å²) in [4.78, 5) is 17.7. The van der Waals surface area contributed by atoms with Crippen molar-refractivity contribution in [1.82, 2.24) is 9.88 Å². The van der Waals surface area contributed by atoms with Crippen LogP contribution in [-0.2, 0) is 0 Å². The fourth-order valence-corrected chi connectivity index (χ4v) is 3.70. The number of anilines is 1. The fraction of sp³-hybridized carbons (Fsp3) is 0.304. The number of hydrogen-bond donors (Lipinski definition) is 2. The second kappa shape index (κ2) is 8.72. The van der Waals surface area contributed by atoms with E-state index in [1.54, 1.807) is 37.6 Å². The molecule has 2 aromatic carbocycles. The van der Waals surface area contributed by atoms with Gasteiger partial charge in [0.1, 0.15) is 18.1 Å². The van der Waals surface area contributed by atoms with Gasteiger partial charge < -0.3 is 30.2 Å². The Morgan fingerprint density at radius 3 is 2.59 bits per heavy atom. The van der Waals surface area contributed by atoms with Gasteiger partial charge in [-0.3, -0.25) is 4.98 Å². The number of halogens is 1. The number of benzene rings is 2. The molecule has 8 nitrogen and oxygen atoms in total. The average molecular weight is 457 g/mol. The first kappa shape index (κ1) is 22.0. The number of aromatic nitrogens is 1. The van der Waals surface area contributed by atoms with E-state index >= 15 is 0 Å². The van der Waals surface area contributed by atoms with Crippen LogP contribution in [0.3, 0.4) is 0 Å². The Labute approximate surface area is 191 Å². The van der Waals surface area contributed by atoms with Gasteiger partial charge in [0.25, 0.3) is 0 Å². The van der Waals surface area contributed by atoms with Crippen molar-refractivity contribution in [3.63, 3.8) is 0 Å². The summed E-state index contributed by atoms with van der Waals surface area (Å²) in [5, 5.41) is 3.53. The van der Waals surface area contributed by atoms with Gasteiger partial charge in [-0.05, 0) is 51.2 Å². The lowest BCUT2D eigenvalue weighted by Crippen LogP contribution is -2.35. The van der Waals surface area contributed by atoms with E-state index in [9.17, 15) is 4.79 Å². The highest BCUT2D eigenvalue weighted by Gasteiger charge is 2.45. The Morgan fingerprint density at radius 2 is 1.97 bits per heavy atom. The molecular weight excluding hydrogens is 432 g/mol. The summed E-state index contributed by atoms with van der Waals surface area (Å²) in [6.45, 7) is 0.586. The fourth-order valence-electron chi connectivity index (χ4n) is 3.49. The number of nitrogens with two attached hydrogens (primary N) is 1. The highest BCUT2D eigenvalue weighted by Crippen LogP contribution is 2.42. The summed E-state index contributed by atoms with van der Waals surface area (Å²) < 4.78 is 17.8. The van der Waals surface area contributed by atoms with Crippen molar-refractivity contribution in [2.75, 3.05) is 33.1 Å². The van der Waals surface area contributed by atoms with Crippen LogP contribution < -0.4 is 25.3 Å². The number of hydrogen-bond acceptors (Lipinski definition) is 6. The van der Waals surface area contributed by atoms with Gasteiger partial charge in [0.05, 0.1) is 28.9 Å². The van der Waals surface area contributed by atoms with Crippen LogP contribution in [0, 0.1) is 0 Å². The molecule has 1 saturated carbocycles. The van der Waals surface area contributed by atoms with Crippen molar-refractivity contribution < 1.29 is 19.0 Å². The minimum Gasteiger partial charge on any atom is -0.493 e. The molecule has 0 saturated heterocycles. The highest BCUT2D eigenvalue weighted by molar-refractivity contribution is 6.33. The van der Waals surface area contributed by atoms with Gasteiger partial charge >= 0.3 is 6.03 Å². The van der Waals surface area contributed by atoms with Gasteiger partial charge in [-0.25, -0.2) is 4.79 Å². The molecule has 32 heavy (non-hydrogen) atoms. The lowest BCUT2D eigenvalue weighted by molar-refractivity contribution is 0.164. The number of carbonyl (C=O) groups excluding carboxylic acids is 1. The summed E-state index contributed by atoms with van der Waals surface area (Å²) in [5.74, 6) is 2.32. The normalized spacial score (nSPS) is 14.3. The molecule has 1 heterocycles. The van der Waals surface area contributed by atoms with Crippen molar-refractivity contribution >= 4 is 34.2 Å². The Bertz CT molecular complexity index is 1160. The third kappa shape index (κ3) is 4.51. The smallest absolute Gasteiger partial charge is 0.316 e. The van der Waals surface area contributed by atoms with E-state index in [0.717, 1.165) is 18.2 Å². The Kier molecular flexibility index (Phi) is 5.99. The topological polar surface area (TPSA) is 98.9 Å². The minimum atomic E-state index is -0.691. The molecule has 3 N–H and O–H groups in total. The third-order valence-electron chi connectivity index (χ3n) is 5.69. The number of nitrogens with zero attached hydrogens (tertiary/aromatic N) is 2. The van der Waals surface area contributed by atoms with Crippen molar-refractivity contribution in [1.29, 1.82) is 0 Å². The van der Waals surface area contributed by atoms with Crippen LogP contribution in [0.5, 0.6) is 23.0 Å². The minimum absolute atomic E-state index is 0.0904. The summed E-state index contributed by atoms with van der Waals surface area (Å²) in [6, 6.07) is 9.70. The molecule has 1 aromatic heterocycles. The van der Waals surface area contributed by atoms with Gasteiger partial charge in [0.2, 0.25) is 0 Å². The molecular formula is C23H25ClN4O4. The van der Waals surface area contributed by atoms with Crippen LogP contribution in [0.4, 0.5) is 10.5 Å². The molecule has 1 aliphatic carbocycles. The number of urea groups is 1. The van der Waals surface area contributed by atoms with Crippen molar-refractivity contribution in [3.05, 3.63) is 47.6 Å². The first-order valence-corrected chi connectivity index (χ1v) is 10.5. The molecule has 1 fully saturated rings. The zero-order chi connectivity index (χ0) is 22.9. The summed E-state index contributed by atoms with van der Waals surface area (Å²) in [7, 11) is 5.75. The Balaban J connectivity index is 1.61. The van der Waals surface area contributed by atoms with Crippen molar-refractivity contribution in [2.45, 2.75) is 18.4 Å². The van der Waals surface area contributed by atoms with Crippen LogP contribution in [-0.4, -0.2) is 49.3 Å². The first-order valence-electron chi connectivity index (χ1n) is 10.1. The Hall–Kier alpha value is -3.23. The lowest BCUT2D eigenvalue weighted by Gasteiger charge is -2.24. The number of methoxy groups -OCH3 is 1. The number of nitrogens with one attached hydrogen (secondary N) is 1. The van der Waals surface area contributed by atoms with Gasteiger partial charge in [0.15, 0.2) is 11.5 Å². The number of carbonyl (C=O) groups is 1. The quantitative estimate of drug-likeness (QED) is 0.511. The van der Waals surface area contributed by atoms with E-state index in [1.165, 1.54) is 0 Å². The van der Waals surface area contributed by atoms with Crippen LogP contribution in [0.2, 0.25) is 5.02 Å². The molecule has 0 radical (unpaired) electrons. The number of rotatable bonds is 8. The molecule has 0 bridgehead atoms. The molecule has 168 valence electrons. The summed E-state index contributed by atoms with van der Waals surface area (Å²) >= 11 is 6.22. The largest absolute Gasteiger partial charge is 0.493 e. The molecule has 0 spiro atoms. The number of likely N-dealkylation sites (N-methyl/N-ethyl adjacent to an activating group) is 1. The van der Waals surface area contributed by atoms with Gasteiger partial charge in [-0.15, -0.1) is 0 Å². The number of primary amides is 1. The SMILES string of the molecule is COc1cc2c(Oc3ccc(NC(N)=O)c(Cl)c3)ccnc2cc1OCC1(N(C)C)CC1. The maximum absolute atomic E-state index is 11.1. The second-order valence-corrected chi connectivity index (χ2v) is 8.38. The summed E-state index contributed by atoms with van der Waals surface area (Å²) in [5.41, 5.74) is 6.36. The second-order valence-electron chi connectivity index (χ2n) is 7.97. The first-order chi connectivity index (χ1) is 15.3. The third-order valence-corrected chi connectivity index (χ3v) is 6.00. The molecule has 1 aliphatic rings. The monoisotopic (exact) mass is 456 g/mol. The number of ether oxygens (including phenoxy) is 3. The molecule has 0 aliphatic heterocycles. The predicted octanol–water partition coefficient (Wildman–Crippen LogP) is 4.65. The number of fused-ring (bicyclic) bond motifs is 1. The standard InChI is InChI=1S/C23H25ClN4O4/c1-28(2)23(7-8-23)13-31-21-12-18-15(11-20(21)30-3)19(6-9-26-18)32-14-4-5-17(16(24)10-14)27-22(25)29/h4-6,9-12H,7-8,13H2,1-3H3,(H3,25,27,29). The average Bonchev–Trinajstić information content (AvgIpc) is 3.55. The van der Waals surface area contributed by atoms with E-state index in [1.807, 2.05) is 12.1 Å². The van der Waals surface area contributed by atoms with Crippen LogP contribution in [0.25, 0.3) is 10.9 Å². The van der Waals surface area contributed by atoms with Gasteiger partial charge in [-0.2, -0.15) is 0 Å². The molecule has 4 rings (SSSR count). The molecule has 0 unspecified atom stereocenters. The number of amides is 2. The zero-order valence-corrected chi connectivity index (χ0v) is 18.9. The molecule has 2 amide bonds. The van der Waals surface area contributed by atoms with E-state index in [4.69, 9.17) is 31.5 Å². The highest BCUT2D eigenvalue weighted by atomic mass is 35.5. The molecule has 9 heteroatoms. The van der Waals surface area contributed by atoms with Gasteiger partial charge in [0, 0.05) is 23.7 Å². The van der Waals surface area contributed by atoms with Crippen LogP contribution in [0.15, 0.2) is 42.6 Å². The van der Waals surface area contributed by atoms with Crippen LogP contribution >= 0.6 is 11.6 Å². The van der Waals surface area contributed by atoms with E-state index < -0.39 is 6.03 Å². The number of pyridine rings is 1. The molecule has 3 aromatic rings.